The van der Waals surface area contributed by atoms with Crippen LogP contribution in [0.25, 0.3) is 0 Å². The van der Waals surface area contributed by atoms with Gasteiger partial charge in [-0.3, -0.25) is 4.90 Å². The van der Waals surface area contributed by atoms with E-state index in [2.05, 4.69) is 15.5 Å². The summed E-state index contributed by atoms with van der Waals surface area (Å²) in [6.07, 6.45) is -0.269. The van der Waals surface area contributed by atoms with Crippen LogP contribution in [0.4, 0.5) is 9.59 Å². The highest BCUT2D eigenvalue weighted by Gasteiger charge is 2.25. The molecule has 3 amide bonds. The average Bonchev–Trinajstić information content (AvgIpc) is 2.71. The van der Waals surface area contributed by atoms with E-state index in [9.17, 15) is 9.59 Å². The van der Waals surface area contributed by atoms with Gasteiger partial charge in [-0.15, -0.1) is 0 Å². The smallest absolute Gasteiger partial charge is 0.410 e. The van der Waals surface area contributed by atoms with Gasteiger partial charge in [0.1, 0.15) is 5.60 Å². The average molecular weight is 423 g/mol. The predicted octanol–water partition coefficient (Wildman–Crippen LogP) is 2.06. The number of benzene rings is 1. The van der Waals surface area contributed by atoms with Gasteiger partial charge < -0.3 is 29.7 Å². The fourth-order valence-corrected chi connectivity index (χ4v) is 3.04. The van der Waals surface area contributed by atoms with Gasteiger partial charge in [0.2, 0.25) is 0 Å². The molecule has 9 nitrogen and oxygen atoms in total. The molecule has 0 atom stereocenters. The maximum atomic E-state index is 12.1. The molecule has 2 rings (SSSR count). The molecule has 2 N–H and O–H groups in total. The number of carbonyl (C=O) groups is 2. The molecule has 1 aromatic carbocycles. The number of methoxy groups -OCH3 is 2. The van der Waals surface area contributed by atoms with E-state index in [1.807, 2.05) is 39.0 Å². The fourth-order valence-electron chi connectivity index (χ4n) is 3.04. The maximum absolute atomic E-state index is 12.1. The minimum Gasteiger partial charge on any atom is -0.493 e. The van der Waals surface area contributed by atoms with Crippen LogP contribution in [0.1, 0.15) is 26.3 Å². The van der Waals surface area contributed by atoms with Gasteiger partial charge in [-0.1, -0.05) is 6.07 Å². The Bertz CT molecular complexity index is 712. The Morgan fingerprint density at radius 1 is 1.00 bits per heavy atom. The number of urea groups is 1. The molecular weight excluding hydrogens is 388 g/mol. The zero-order valence-corrected chi connectivity index (χ0v) is 18.6. The number of nitrogens with one attached hydrogen (secondary N) is 2. The minimum atomic E-state index is -0.484. The Balaban J connectivity index is 1.64. The lowest BCUT2D eigenvalue weighted by atomic mass is 10.2. The third-order valence-electron chi connectivity index (χ3n) is 4.64. The second-order valence-electron chi connectivity index (χ2n) is 8.11. The summed E-state index contributed by atoms with van der Waals surface area (Å²) in [4.78, 5) is 28.1. The molecule has 1 aliphatic rings. The first kappa shape index (κ1) is 23.6. The third-order valence-corrected chi connectivity index (χ3v) is 4.64. The van der Waals surface area contributed by atoms with Crippen LogP contribution < -0.4 is 20.1 Å². The van der Waals surface area contributed by atoms with Crippen molar-refractivity contribution >= 4 is 12.1 Å². The number of nitrogens with zero attached hydrogens (tertiary/aromatic N) is 2. The number of carbonyl (C=O) groups excluding carboxylic acids is 2. The second-order valence-corrected chi connectivity index (χ2v) is 8.11. The highest BCUT2D eigenvalue weighted by molar-refractivity contribution is 5.73. The Morgan fingerprint density at radius 3 is 2.27 bits per heavy atom. The summed E-state index contributed by atoms with van der Waals surface area (Å²) < 4.78 is 15.9. The summed E-state index contributed by atoms with van der Waals surface area (Å²) in [5.41, 5.74) is 0.434. The molecular formula is C21H34N4O5. The summed E-state index contributed by atoms with van der Waals surface area (Å²) >= 11 is 0. The van der Waals surface area contributed by atoms with E-state index in [1.165, 1.54) is 0 Å². The molecule has 1 aromatic rings. The van der Waals surface area contributed by atoms with Gasteiger partial charge in [-0.2, -0.15) is 0 Å². The van der Waals surface area contributed by atoms with Gasteiger partial charge >= 0.3 is 12.1 Å². The second kappa shape index (κ2) is 10.9. The van der Waals surface area contributed by atoms with Crippen LogP contribution in [-0.4, -0.2) is 81.0 Å². The molecule has 168 valence electrons. The standard InChI is InChI=1S/C21H34N4O5/c1-21(2,3)30-20(27)25-12-10-24(11-13-25)9-8-22-19(26)23-15-16-6-7-17(28-4)18(14-16)29-5/h6-7,14H,8-13,15H2,1-5H3,(H2,22,23,26). The lowest BCUT2D eigenvalue weighted by Crippen LogP contribution is -2.51. The molecule has 9 heteroatoms. The first-order valence-electron chi connectivity index (χ1n) is 10.1. The Morgan fingerprint density at radius 2 is 1.67 bits per heavy atom. The van der Waals surface area contributed by atoms with Gasteiger partial charge in [-0.05, 0) is 38.5 Å². The Hall–Kier alpha value is -2.68. The zero-order valence-electron chi connectivity index (χ0n) is 18.6. The van der Waals surface area contributed by atoms with E-state index in [-0.39, 0.29) is 12.1 Å². The number of amides is 3. The molecule has 1 aliphatic heterocycles. The number of hydrogen-bond acceptors (Lipinski definition) is 6. The topological polar surface area (TPSA) is 92.4 Å². The van der Waals surface area contributed by atoms with Gasteiger partial charge in [0.15, 0.2) is 11.5 Å². The first-order valence-corrected chi connectivity index (χ1v) is 10.1. The number of ether oxygens (including phenoxy) is 3. The molecule has 1 saturated heterocycles. The Kier molecular flexibility index (Phi) is 8.58. The monoisotopic (exact) mass is 422 g/mol. The van der Waals surface area contributed by atoms with Crippen LogP contribution in [0.2, 0.25) is 0 Å². The van der Waals surface area contributed by atoms with Gasteiger partial charge in [0.25, 0.3) is 0 Å². The Labute approximate surface area is 178 Å². The van der Waals surface area contributed by atoms with Crippen LogP contribution >= 0.6 is 0 Å². The van der Waals surface area contributed by atoms with Crippen LogP contribution in [0.5, 0.6) is 11.5 Å². The molecule has 1 heterocycles. The van der Waals surface area contributed by atoms with E-state index in [4.69, 9.17) is 14.2 Å². The highest BCUT2D eigenvalue weighted by Crippen LogP contribution is 2.27. The molecule has 0 spiro atoms. The molecule has 0 unspecified atom stereocenters. The van der Waals surface area contributed by atoms with Crippen molar-refractivity contribution in [1.29, 1.82) is 0 Å². The van der Waals surface area contributed by atoms with Crippen molar-refractivity contribution in [2.75, 3.05) is 53.5 Å². The van der Waals surface area contributed by atoms with Gasteiger partial charge in [0, 0.05) is 45.8 Å². The summed E-state index contributed by atoms with van der Waals surface area (Å²) in [7, 11) is 3.16. The van der Waals surface area contributed by atoms with Crippen molar-refractivity contribution in [3.8, 4) is 11.5 Å². The van der Waals surface area contributed by atoms with Crippen molar-refractivity contribution < 1.29 is 23.8 Å². The minimum absolute atomic E-state index is 0.225. The van der Waals surface area contributed by atoms with Crippen molar-refractivity contribution in [2.24, 2.45) is 0 Å². The lowest BCUT2D eigenvalue weighted by molar-refractivity contribution is 0.0147. The number of piperazine rings is 1. The van der Waals surface area contributed by atoms with Crippen molar-refractivity contribution in [1.82, 2.24) is 20.4 Å². The van der Waals surface area contributed by atoms with E-state index >= 15 is 0 Å². The molecule has 0 saturated carbocycles. The number of hydrogen-bond donors (Lipinski definition) is 2. The third kappa shape index (κ3) is 7.62. The molecule has 0 radical (unpaired) electrons. The highest BCUT2D eigenvalue weighted by atomic mass is 16.6. The molecule has 0 aromatic heterocycles. The first-order chi connectivity index (χ1) is 14.2. The summed E-state index contributed by atoms with van der Waals surface area (Å²) in [6, 6.07) is 5.30. The SMILES string of the molecule is COc1ccc(CNC(=O)NCCN2CCN(C(=O)OC(C)(C)C)CC2)cc1OC. The molecule has 0 bridgehead atoms. The predicted molar refractivity (Wildman–Crippen MR) is 114 cm³/mol. The zero-order chi connectivity index (χ0) is 22.1. The lowest BCUT2D eigenvalue weighted by Gasteiger charge is -2.35. The van der Waals surface area contributed by atoms with Gasteiger partial charge in [-0.25, -0.2) is 9.59 Å². The van der Waals surface area contributed by atoms with E-state index < -0.39 is 5.60 Å². The fraction of sp³-hybridized carbons (Fsp3) is 0.619. The quantitative estimate of drug-likeness (QED) is 0.699. The van der Waals surface area contributed by atoms with E-state index in [0.29, 0.717) is 37.7 Å². The summed E-state index contributed by atoms with van der Waals surface area (Å²) in [5.74, 6) is 1.28. The molecule has 0 aliphatic carbocycles. The van der Waals surface area contributed by atoms with Crippen molar-refractivity contribution in [3.63, 3.8) is 0 Å². The van der Waals surface area contributed by atoms with Crippen molar-refractivity contribution in [2.45, 2.75) is 32.9 Å². The molecule has 30 heavy (non-hydrogen) atoms. The summed E-state index contributed by atoms with van der Waals surface area (Å²) in [6.45, 7) is 10.0. The number of rotatable bonds is 7. The van der Waals surface area contributed by atoms with Crippen LogP contribution in [0, 0.1) is 0 Å². The van der Waals surface area contributed by atoms with Crippen LogP contribution in [0.15, 0.2) is 18.2 Å². The van der Waals surface area contributed by atoms with E-state index in [0.717, 1.165) is 25.2 Å². The summed E-state index contributed by atoms with van der Waals surface area (Å²) in [5, 5.41) is 5.70. The largest absolute Gasteiger partial charge is 0.493 e. The van der Waals surface area contributed by atoms with Crippen LogP contribution in [-0.2, 0) is 11.3 Å². The van der Waals surface area contributed by atoms with Crippen LogP contribution in [0.3, 0.4) is 0 Å². The molecule has 1 fully saturated rings. The van der Waals surface area contributed by atoms with Crippen molar-refractivity contribution in [3.05, 3.63) is 23.8 Å². The van der Waals surface area contributed by atoms with E-state index in [1.54, 1.807) is 19.1 Å². The maximum Gasteiger partial charge on any atom is 0.410 e. The normalized spacial score (nSPS) is 14.8. The van der Waals surface area contributed by atoms with Gasteiger partial charge in [0.05, 0.1) is 14.2 Å².